The molecular weight excluding hydrogens is 167 g/mol. The van der Waals surface area contributed by atoms with Crippen LogP contribution < -0.4 is 0 Å². The maximum absolute atomic E-state index is 4.76. The summed E-state index contributed by atoms with van der Waals surface area (Å²) in [6.45, 7) is 1.31. The van der Waals surface area contributed by atoms with Gasteiger partial charge in [0.2, 0.25) is 0 Å². The molecule has 0 bridgehead atoms. The number of hydrogen-bond donors (Lipinski definition) is 0. The van der Waals surface area contributed by atoms with Crippen LogP contribution in [0.3, 0.4) is 0 Å². The van der Waals surface area contributed by atoms with E-state index in [4.69, 9.17) is 23.2 Å². The second kappa shape index (κ2) is 8.46. The zero-order valence-corrected chi connectivity index (χ0v) is 6.32. The Hall–Kier alpha value is 0.460. The Labute approximate surface area is 63.6 Å². The molecule has 0 aliphatic carbocycles. The summed E-state index contributed by atoms with van der Waals surface area (Å²) >= 11 is 9.53. The van der Waals surface area contributed by atoms with Gasteiger partial charge in [0, 0.05) is 6.42 Å². The van der Waals surface area contributed by atoms with E-state index in [2.05, 4.69) is 14.8 Å². The molecular formula is C4H8Cl2O3. The summed E-state index contributed by atoms with van der Waals surface area (Å²) in [5.41, 5.74) is 0. The lowest BCUT2D eigenvalue weighted by molar-refractivity contribution is -0.532. The first-order valence-corrected chi connectivity index (χ1v) is 3.51. The van der Waals surface area contributed by atoms with Crippen molar-refractivity contribution in [3.63, 3.8) is 0 Å². The van der Waals surface area contributed by atoms with Crippen LogP contribution >= 0.6 is 23.2 Å². The summed E-state index contributed by atoms with van der Waals surface area (Å²) in [5, 5.41) is 4.26. The second-order valence-corrected chi connectivity index (χ2v) is 1.97. The molecule has 1 aliphatic rings. The molecule has 0 spiro atoms. The van der Waals surface area contributed by atoms with Crippen molar-refractivity contribution in [1.82, 2.24) is 0 Å². The van der Waals surface area contributed by atoms with Gasteiger partial charge in [0.15, 0.2) is 0 Å². The molecule has 0 aromatic rings. The molecule has 0 aromatic carbocycles. The third-order valence-corrected chi connectivity index (χ3v) is 0.552. The first-order valence-electron chi connectivity index (χ1n) is 2.45. The lowest BCUT2D eigenvalue weighted by Gasteiger charge is -2.06. The van der Waals surface area contributed by atoms with Crippen molar-refractivity contribution in [3.8, 4) is 0 Å². The molecule has 0 saturated carbocycles. The van der Waals surface area contributed by atoms with Gasteiger partial charge in [-0.05, 0) is 0 Å². The maximum atomic E-state index is 4.76. The van der Waals surface area contributed by atoms with Gasteiger partial charge in [-0.2, -0.15) is 0 Å². The zero-order valence-electron chi connectivity index (χ0n) is 4.81. The molecule has 1 aliphatic heterocycles. The fraction of sp³-hybridized carbons (Fsp3) is 1.00. The van der Waals surface area contributed by atoms with Crippen LogP contribution in [0.25, 0.3) is 0 Å². The summed E-state index contributed by atoms with van der Waals surface area (Å²) in [6.07, 6.45) is 0.931. The highest BCUT2D eigenvalue weighted by molar-refractivity contribution is 6.40. The number of halogens is 2. The minimum Gasteiger partial charge on any atom is -0.206 e. The molecule has 9 heavy (non-hydrogen) atoms. The van der Waals surface area contributed by atoms with E-state index in [1.165, 1.54) is 0 Å². The Morgan fingerprint density at radius 3 is 1.67 bits per heavy atom. The van der Waals surface area contributed by atoms with E-state index < -0.39 is 0 Å². The molecule has 0 radical (unpaired) electrons. The summed E-state index contributed by atoms with van der Waals surface area (Å²) in [5.74, 6) is 0. The first kappa shape index (κ1) is 9.46. The summed E-state index contributed by atoms with van der Waals surface area (Å²) in [4.78, 5) is 8.69. The predicted octanol–water partition coefficient (Wildman–Crippen LogP) is 1.69. The third-order valence-electron chi connectivity index (χ3n) is 0.552. The minimum atomic E-state index is 0.194. The van der Waals surface area contributed by atoms with Gasteiger partial charge in [0.25, 0.3) is 0 Å². The molecule has 0 amide bonds. The highest BCUT2D eigenvalue weighted by Crippen LogP contribution is 1.93. The Balaban J connectivity index is 0.000000187. The van der Waals surface area contributed by atoms with Crippen molar-refractivity contribution in [2.24, 2.45) is 0 Å². The van der Waals surface area contributed by atoms with Crippen LogP contribution in [0.1, 0.15) is 6.42 Å². The van der Waals surface area contributed by atoms with Crippen molar-refractivity contribution in [1.29, 1.82) is 0 Å². The van der Waals surface area contributed by atoms with Gasteiger partial charge in [0.05, 0.1) is 18.6 Å². The van der Waals surface area contributed by atoms with E-state index in [0.717, 1.165) is 6.42 Å². The summed E-state index contributed by atoms with van der Waals surface area (Å²) < 4.78 is 0. The topological polar surface area (TPSA) is 27.7 Å². The maximum Gasteiger partial charge on any atom is 0.0967 e. The van der Waals surface area contributed by atoms with Crippen molar-refractivity contribution in [2.75, 3.05) is 18.6 Å². The fourth-order valence-electron chi connectivity index (χ4n) is 0.279. The van der Waals surface area contributed by atoms with E-state index in [0.29, 0.717) is 13.2 Å². The predicted molar refractivity (Wildman–Crippen MR) is 34.2 cm³/mol. The number of hydrogen-bond acceptors (Lipinski definition) is 3. The van der Waals surface area contributed by atoms with Crippen LogP contribution in [0.4, 0.5) is 0 Å². The minimum absolute atomic E-state index is 0.194. The van der Waals surface area contributed by atoms with Crippen molar-refractivity contribution in [3.05, 3.63) is 0 Å². The van der Waals surface area contributed by atoms with E-state index in [1.54, 1.807) is 0 Å². The first-order chi connectivity index (χ1) is 4.41. The van der Waals surface area contributed by atoms with Crippen LogP contribution in [-0.2, 0) is 14.8 Å². The fourth-order valence-corrected chi connectivity index (χ4v) is 0.279. The van der Waals surface area contributed by atoms with Gasteiger partial charge < -0.3 is 0 Å². The van der Waals surface area contributed by atoms with E-state index in [9.17, 15) is 0 Å². The van der Waals surface area contributed by atoms with E-state index in [-0.39, 0.29) is 5.34 Å². The molecule has 5 heteroatoms. The van der Waals surface area contributed by atoms with E-state index >= 15 is 0 Å². The van der Waals surface area contributed by atoms with Gasteiger partial charge in [-0.15, -0.1) is 23.2 Å². The lowest BCUT2D eigenvalue weighted by atomic mass is 10.5. The SMILES string of the molecule is C1COOOC1.ClCCl. The third kappa shape index (κ3) is 8.46. The molecule has 3 nitrogen and oxygen atoms in total. The van der Waals surface area contributed by atoms with Crippen LogP contribution in [-0.4, -0.2) is 18.6 Å². The normalized spacial score (nSPS) is 18.0. The molecule has 0 atom stereocenters. The Morgan fingerprint density at radius 2 is 1.56 bits per heavy atom. The Morgan fingerprint density at radius 1 is 1.11 bits per heavy atom. The highest BCUT2D eigenvalue weighted by atomic mass is 35.5. The molecule has 0 unspecified atom stereocenters. The van der Waals surface area contributed by atoms with Crippen molar-refractivity contribution < 1.29 is 14.8 Å². The standard InChI is InChI=1S/C3H6O3.CH2Cl2/c1-2-4-6-5-3-1;2-1-3/h1-3H2;1H2. The average molecular weight is 175 g/mol. The Kier molecular flexibility index (Phi) is 8.89. The van der Waals surface area contributed by atoms with Gasteiger partial charge in [-0.1, -0.05) is 5.04 Å². The van der Waals surface area contributed by atoms with Gasteiger partial charge in [-0.25, -0.2) is 9.78 Å². The van der Waals surface area contributed by atoms with Gasteiger partial charge in [-0.3, -0.25) is 0 Å². The molecule has 1 saturated heterocycles. The average Bonchev–Trinajstić information content (AvgIpc) is 1.93. The van der Waals surface area contributed by atoms with Gasteiger partial charge >= 0.3 is 0 Å². The molecule has 0 N–H and O–H groups in total. The summed E-state index contributed by atoms with van der Waals surface area (Å²) in [6, 6.07) is 0. The zero-order chi connectivity index (χ0) is 6.95. The van der Waals surface area contributed by atoms with Crippen molar-refractivity contribution in [2.45, 2.75) is 6.42 Å². The summed E-state index contributed by atoms with van der Waals surface area (Å²) in [7, 11) is 0. The van der Waals surface area contributed by atoms with E-state index in [1.807, 2.05) is 0 Å². The quantitative estimate of drug-likeness (QED) is 0.414. The number of rotatable bonds is 0. The molecule has 1 fully saturated rings. The van der Waals surface area contributed by atoms with Crippen molar-refractivity contribution >= 4 is 23.2 Å². The molecule has 0 aromatic heterocycles. The Bertz CT molecular complexity index is 37.6. The second-order valence-electron chi connectivity index (χ2n) is 1.17. The molecule has 56 valence electrons. The monoisotopic (exact) mass is 174 g/mol. The smallest absolute Gasteiger partial charge is 0.0967 e. The number of alkyl halides is 2. The van der Waals surface area contributed by atoms with Gasteiger partial charge in [0.1, 0.15) is 0 Å². The van der Waals surface area contributed by atoms with Crippen LogP contribution in [0.2, 0.25) is 0 Å². The van der Waals surface area contributed by atoms with Crippen LogP contribution in [0.15, 0.2) is 0 Å². The largest absolute Gasteiger partial charge is 0.206 e. The highest BCUT2D eigenvalue weighted by Gasteiger charge is 1.96. The van der Waals surface area contributed by atoms with Crippen LogP contribution in [0.5, 0.6) is 0 Å². The molecule has 1 heterocycles. The lowest BCUT2D eigenvalue weighted by Crippen LogP contribution is -2.08. The molecule has 1 rings (SSSR count). The van der Waals surface area contributed by atoms with Crippen LogP contribution in [0, 0.1) is 0 Å².